The van der Waals surface area contributed by atoms with Crippen molar-refractivity contribution in [2.75, 3.05) is 7.05 Å². The number of hydrogen-bond acceptors (Lipinski definition) is 2. The third kappa shape index (κ3) is 2.69. The van der Waals surface area contributed by atoms with Gasteiger partial charge in [-0.2, -0.15) is 0 Å². The standard InChI is InChI=1S/C18H17NOS/c1-13-10-11-21-17(13)18(20)19(2)12-15-8-5-7-14-6-3-4-9-16(14)15/h3-11H,12H2,1-2H3. The van der Waals surface area contributed by atoms with Gasteiger partial charge in [0.05, 0.1) is 4.88 Å². The molecule has 0 N–H and O–H groups in total. The molecular weight excluding hydrogens is 278 g/mol. The highest BCUT2D eigenvalue weighted by molar-refractivity contribution is 7.12. The highest BCUT2D eigenvalue weighted by Gasteiger charge is 2.16. The Morgan fingerprint density at radius 2 is 1.86 bits per heavy atom. The summed E-state index contributed by atoms with van der Waals surface area (Å²) < 4.78 is 0. The molecule has 0 saturated carbocycles. The van der Waals surface area contributed by atoms with Crippen molar-refractivity contribution in [3.05, 3.63) is 69.9 Å². The SMILES string of the molecule is Cc1ccsc1C(=O)N(C)Cc1cccc2ccccc12. The van der Waals surface area contributed by atoms with Gasteiger partial charge in [0.2, 0.25) is 0 Å². The van der Waals surface area contributed by atoms with E-state index < -0.39 is 0 Å². The summed E-state index contributed by atoms with van der Waals surface area (Å²) in [5.74, 6) is 0.0930. The van der Waals surface area contributed by atoms with E-state index in [1.54, 1.807) is 4.90 Å². The number of nitrogens with zero attached hydrogens (tertiary/aromatic N) is 1. The number of carbonyl (C=O) groups is 1. The molecule has 0 radical (unpaired) electrons. The van der Waals surface area contributed by atoms with Crippen molar-refractivity contribution in [1.29, 1.82) is 0 Å². The zero-order chi connectivity index (χ0) is 14.8. The first-order valence-corrected chi connectivity index (χ1v) is 7.81. The van der Waals surface area contributed by atoms with Crippen LogP contribution in [-0.4, -0.2) is 17.9 Å². The van der Waals surface area contributed by atoms with E-state index in [9.17, 15) is 4.79 Å². The maximum absolute atomic E-state index is 12.5. The Kier molecular flexibility index (Phi) is 3.76. The third-order valence-electron chi connectivity index (χ3n) is 3.69. The molecule has 3 aromatic rings. The number of fused-ring (bicyclic) bond motifs is 1. The topological polar surface area (TPSA) is 20.3 Å². The first-order valence-electron chi connectivity index (χ1n) is 6.93. The number of hydrogen-bond donors (Lipinski definition) is 0. The van der Waals surface area contributed by atoms with Crippen molar-refractivity contribution in [2.45, 2.75) is 13.5 Å². The highest BCUT2D eigenvalue weighted by Crippen LogP contribution is 2.22. The molecule has 0 bridgehead atoms. The summed E-state index contributed by atoms with van der Waals surface area (Å²) in [4.78, 5) is 15.1. The third-order valence-corrected chi connectivity index (χ3v) is 4.69. The largest absolute Gasteiger partial charge is 0.337 e. The second-order valence-electron chi connectivity index (χ2n) is 5.23. The number of amides is 1. The van der Waals surface area contributed by atoms with Crippen LogP contribution in [0.2, 0.25) is 0 Å². The van der Waals surface area contributed by atoms with Gasteiger partial charge >= 0.3 is 0 Å². The van der Waals surface area contributed by atoms with Crippen LogP contribution in [0, 0.1) is 6.92 Å². The monoisotopic (exact) mass is 295 g/mol. The van der Waals surface area contributed by atoms with Crippen LogP contribution in [-0.2, 0) is 6.54 Å². The van der Waals surface area contributed by atoms with Crippen molar-refractivity contribution < 1.29 is 4.79 Å². The minimum Gasteiger partial charge on any atom is -0.337 e. The highest BCUT2D eigenvalue weighted by atomic mass is 32.1. The molecule has 21 heavy (non-hydrogen) atoms. The van der Waals surface area contributed by atoms with Gasteiger partial charge in [-0.1, -0.05) is 42.5 Å². The summed E-state index contributed by atoms with van der Waals surface area (Å²) in [5, 5.41) is 4.39. The molecule has 0 aliphatic heterocycles. The molecule has 0 aliphatic carbocycles. The molecule has 2 aromatic carbocycles. The molecular formula is C18H17NOS. The van der Waals surface area contributed by atoms with Crippen LogP contribution in [0.3, 0.4) is 0 Å². The average Bonchev–Trinajstić information content (AvgIpc) is 2.93. The van der Waals surface area contributed by atoms with Crippen molar-refractivity contribution in [3.8, 4) is 0 Å². The smallest absolute Gasteiger partial charge is 0.264 e. The fourth-order valence-electron chi connectivity index (χ4n) is 2.52. The van der Waals surface area contributed by atoms with Gasteiger partial charge in [0.15, 0.2) is 0 Å². The molecule has 0 saturated heterocycles. The van der Waals surface area contributed by atoms with Gasteiger partial charge in [-0.05, 0) is 40.3 Å². The molecule has 106 valence electrons. The first kappa shape index (κ1) is 13.8. The lowest BCUT2D eigenvalue weighted by Crippen LogP contribution is -2.26. The van der Waals surface area contributed by atoms with Crippen molar-refractivity contribution in [1.82, 2.24) is 4.90 Å². The Morgan fingerprint density at radius 1 is 1.10 bits per heavy atom. The summed E-state index contributed by atoms with van der Waals surface area (Å²) in [6, 6.07) is 16.5. The number of benzene rings is 2. The van der Waals surface area contributed by atoms with Crippen LogP contribution >= 0.6 is 11.3 Å². The number of rotatable bonds is 3. The fourth-order valence-corrected chi connectivity index (χ4v) is 3.44. The average molecular weight is 295 g/mol. The minimum atomic E-state index is 0.0930. The first-order chi connectivity index (χ1) is 10.2. The maximum Gasteiger partial charge on any atom is 0.264 e. The summed E-state index contributed by atoms with van der Waals surface area (Å²) in [6.07, 6.45) is 0. The molecule has 3 heteroatoms. The van der Waals surface area contributed by atoms with Crippen LogP contribution in [0.5, 0.6) is 0 Å². The number of carbonyl (C=O) groups excluding carboxylic acids is 1. The van der Waals surface area contributed by atoms with E-state index in [1.807, 2.05) is 43.6 Å². The van der Waals surface area contributed by atoms with Gasteiger partial charge in [-0.15, -0.1) is 11.3 Å². The molecule has 0 spiro atoms. The second-order valence-corrected chi connectivity index (χ2v) is 6.15. The summed E-state index contributed by atoms with van der Waals surface area (Å²) in [5.41, 5.74) is 2.23. The molecule has 1 heterocycles. The van der Waals surface area contributed by atoms with Crippen molar-refractivity contribution >= 4 is 28.0 Å². The van der Waals surface area contributed by atoms with Gasteiger partial charge in [0, 0.05) is 13.6 Å². The van der Waals surface area contributed by atoms with Gasteiger partial charge in [0.25, 0.3) is 5.91 Å². The second kappa shape index (κ2) is 5.70. The van der Waals surface area contributed by atoms with E-state index in [1.165, 1.54) is 27.7 Å². The lowest BCUT2D eigenvalue weighted by atomic mass is 10.0. The van der Waals surface area contributed by atoms with Crippen LogP contribution in [0.4, 0.5) is 0 Å². The molecule has 0 atom stereocenters. The van der Waals surface area contributed by atoms with Gasteiger partial charge in [0.1, 0.15) is 0 Å². The van der Waals surface area contributed by atoms with E-state index in [4.69, 9.17) is 0 Å². The van der Waals surface area contributed by atoms with Crippen LogP contribution in [0.1, 0.15) is 20.8 Å². The number of thiophene rings is 1. The molecule has 0 aliphatic rings. The zero-order valence-corrected chi connectivity index (χ0v) is 13.0. The Hall–Kier alpha value is -2.13. The maximum atomic E-state index is 12.5. The lowest BCUT2D eigenvalue weighted by Gasteiger charge is -2.18. The summed E-state index contributed by atoms with van der Waals surface area (Å²) >= 11 is 1.51. The Morgan fingerprint density at radius 3 is 2.62 bits per heavy atom. The van der Waals surface area contributed by atoms with Crippen molar-refractivity contribution in [3.63, 3.8) is 0 Å². The molecule has 2 nitrogen and oxygen atoms in total. The van der Waals surface area contributed by atoms with Crippen LogP contribution < -0.4 is 0 Å². The van der Waals surface area contributed by atoms with E-state index in [0.29, 0.717) is 6.54 Å². The Bertz CT molecular complexity index is 785. The van der Waals surface area contributed by atoms with Gasteiger partial charge in [-0.25, -0.2) is 0 Å². The predicted octanol–water partition coefficient (Wildman–Crippen LogP) is 4.48. The van der Waals surface area contributed by atoms with Gasteiger partial charge < -0.3 is 4.90 Å². The normalized spacial score (nSPS) is 10.8. The summed E-state index contributed by atoms with van der Waals surface area (Å²) in [6.45, 7) is 2.60. The predicted molar refractivity (Wildman–Crippen MR) is 88.8 cm³/mol. The summed E-state index contributed by atoms with van der Waals surface area (Å²) in [7, 11) is 1.86. The quantitative estimate of drug-likeness (QED) is 0.697. The van der Waals surface area contributed by atoms with E-state index in [2.05, 4.69) is 24.3 Å². The lowest BCUT2D eigenvalue weighted by molar-refractivity contribution is 0.0790. The Labute approximate surface area is 128 Å². The van der Waals surface area contributed by atoms with E-state index >= 15 is 0 Å². The fraction of sp³-hybridized carbons (Fsp3) is 0.167. The molecule has 1 amide bonds. The van der Waals surface area contributed by atoms with Gasteiger partial charge in [-0.3, -0.25) is 4.79 Å². The van der Waals surface area contributed by atoms with Crippen LogP contribution in [0.25, 0.3) is 10.8 Å². The molecule has 1 aromatic heterocycles. The van der Waals surface area contributed by atoms with E-state index in [-0.39, 0.29) is 5.91 Å². The van der Waals surface area contributed by atoms with Crippen LogP contribution in [0.15, 0.2) is 53.9 Å². The number of aryl methyl sites for hydroxylation is 1. The molecule has 3 rings (SSSR count). The van der Waals surface area contributed by atoms with Crippen molar-refractivity contribution in [2.24, 2.45) is 0 Å². The molecule has 0 unspecified atom stereocenters. The Balaban J connectivity index is 1.88. The molecule has 0 fully saturated rings. The zero-order valence-electron chi connectivity index (χ0n) is 12.2. The minimum absolute atomic E-state index is 0.0930. The van der Waals surface area contributed by atoms with E-state index in [0.717, 1.165) is 10.4 Å².